The van der Waals surface area contributed by atoms with E-state index in [2.05, 4.69) is 5.10 Å². The minimum atomic E-state index is -3.57. The van der Waals surface area contributed by atoms with Crippen molar-refractivity contribution in [1.82, 2.24) is 23.4 Å². The molecular formula is C24H29ClN8O3S. The number of nitrogens with one attached hydrogen (secondary N) is 1. The molecule has 2 aromatic carbocycles. The lowest BCUT2D eigenvalue weighted by molar-refractivity contribution is 0.0946. The molecule has 196 valence electrons. The highest BCUT2D eigenvalue weighted by Crippen LogP contribution is 2.30. The largest absolute Gasteiger partial charge is 0.384 e. The molecule has 0 bridgehead atoms. The van der Waals surface area contributed by atoms with Crippen molar-refractivity contribution >= 4 is 39.5 Å². The SMILES string of the molecule is CN(Cc1ccc(C(=N)N)cc1)c1nc(C2CCN(S(=O)(=O)N(C)C)C2)nn1C(=O)c1ccccc1Cl. The third kappa shape index (κ3) is 5.52. The fourth-order valence-corrected chi connectivity index (χ4v) is 5.52. The number of hydrogen-bond acceptors (Lipinski definition) is 7. The van der Waals surface area contributed by atoms with Crippen LogP contribution >= 0.6 is 11.6 Å². The van der Waals surface area contributed by atoms with Crippen LogP contribution in [-0.4, -0.2) is 77.8 Å². The molecule has 1 fully saturated rings. The van der Waals surface area contributed by atoms with Gasteiger partial charge in [-0.05, 0) is 24.1 Å². The van der Waals surface area contributed by atoms with Gasteiger partial charge in [0.2, 0.25) is 5.95 Å². The summed E-state index contributed by atoms with van der Waals surface area (Å²) in [7, 11) is 1.21. The predicted octanol–water partition coefficient (Wildman–Crippen LogP) is 2.14. The summed E-state index contributed by atoms with van der Waals surface area (Å²) in [6.45, 7) is 0.963. The van der Waals surface area contributed by atoms with E-state index in [0.29, 0.717) is 41.9 Å². The average Bonchev–Trinajstić information content (AvgIpc) is 3.52. The van der Waals surface area contributed by atoms with Gasteiger partial charge in [0.1, 0.15) is 5.84 Å². The number of hydrogen-bond donors (Lipinski definition) is 2. The summed E-state index contributed by atoms with van der Waals surface area (Å²) >= 11 is 6.30. The summed E-state index contributed by atoms with van der Waals surface area (Å²) in [5.74, 6) is -0.0162. The lowest BCUT2D eigenvalue weighted by Crippen LogP contribution is -2.38. The number of nitrogens with two attached hydrogens (primary N) is 1. The van der Waals surface area contributed by atoms with Gasteiger partial charge in [0, 0.05) is 52.3 Å². The van der Waals surface area contributed by atoms with Crippen LogP contribution in [0.15, 0.2) is 48.5 Å². The van der Waals surface area contributed by atoms with Gasteiger partial charge >= 0.3 is 0 Å². The van der Waals surface area contributed by atoms with E-state index in [9.17, 15) is 13.2 Å². The quantitative estimate of drug-likeness (QED) is 0.327. The molecule has 3 aromatic rings. The van der Waals surface area contributed by atoms with E-state index < -0.39 is 16.1 Å². The average molecular weight is 545 g/mol. The molecule has 1 atom stereocenters. The Balaban J connectivity index is 1.67. The van der Waals surface area contributed by atoms with Crippen LogP contribution in [0.3, 0.4) is 0 Å². The standard InChI is InChI=1S/C24H29ClN8O3S/c1-30(2)37(35,36)32-13-12-18(15-32)22-28-24(31(3)14-16-8-10-17(11-9-16)21(26)27)33(29-22)23(34)19-6-4-5-7-20(19)25/h4-11,18H,12-15H2,1-3H3,(H3,26,27). The number of nitrogens with zero attached hydrogens (tertiary/aromatic N) is 6. The van der Waals surface area contributed by atoms with Gasteiger partial charge in [0.05, 0.1) is 10.6 Å². The molecule has 0 saturated carbocycles. The van der Waals surface area contributed by atoms with Crippen LogP contribution in [0.25, 0.3) is 0 Å². The molecule has 1 aliphatic rings. The Hall–Kier alpha value is -3.32. The van der Waals surface area contributed by atoms with E-state index in [-0.39, 0.29) is 23.9 Å². The van der Waals surface area contributed by atoms with Crippen LogP contribution in [0.4, 0.5) is 5.95 Å². The number of amidine groups is 1. The summed E-state index contributed by atoms with van der Waals surface area (Å²) < 4.78 is 29.0. The Kier molecular flexibility index (Phi) is 7.64. The van der Waals surface area contributed by atoms with Crippen molar-refractivity contribution in [3.8, 4) is 0 Å². The molecule has 11 nitrogen and oxygen atoms in total. The van der Waals surface area contributed by atoms with Gasteiger partial charge in [-0.25, -0.2) is 0 Å². The molecule has 0 radical (unpaired) electrons. The molecule has 3 N–H and O–H groups in total. The van der Waals surface area contributed by atoms with Gasteiger partial charge in [-0.15, -0.1) is 5.10 Å². The second-order valence-electron chi connectivity index (χ2n) is 9.07. The fourth-order valence-electron chi connectivity index (χ4n) is 4.14. The summed E-state index contributed by atoms with van der Waals surface area (Å²) in [6.07, 6.45) is 0.535. The molecule has 4 rings (SSSR count). The van der Waals surface area contributed by atoms with Crippen LogP contribution in [-0.2, 0) is 16.8 Å². The summed E-state index contributed by atoms with van der Waals surface area (Å²) in [4.78, 5) is 20.0. The maximum absolute atomic E-state index is 13.5. The number of rotatable bonds is 8. The van der Waals surface area contributed by atoms with Gasteiger partial charge < -0.3 is 10.6 Å². The zero-order valence-electron chi connectivity index (χ0n) is 20.8. The Morgan fingerprint density at radius 2 is 1.84 bits per heavy atom. The maximum atomic E-state index is 13.5. The minimum absolute atomic E-state index is 0.0171. The molecule has 37 heavy (non-hydrogen) atoms. The highest BCUT2D eigenvalue weighted by atomic mass is 35.5. The third-order valence-electron chi connectivity index (χ3n) is 6.23. The molecule has 1 aromatic heterocycles. The predicted molar refractivity (Wildman–Crippen MR) is 142 cm³/mol. The molecule has 0 spiro atoms. The topological polar surface area (TPSA) is 142 Å². The summed E-state index contributed by atoms with van der Waals surface area (Å²) in [5, 5.41) is 12.4. The number of anilines is 1. The van der Waals surface area contributed by atoms with Gasteiger partial charge in [-0.3, -0.25) is 10.2 Å². The molecule has 1 saturated heterocycles. The number of carbonyl (C=O) groups excluding carboxylic acids is 1. The van der Waals surface area contributed by atoms with E-state index in [1.165, 1.54) is 27.4 Å². The lowest BCUT2D eigenvalue weighted by Gasteiger charge is -2.20. The normalized spacial score (nSPS) is 16.3. The third-order valence-corrected chi connectivity index (χ3v) is 8.47. The first-order valence-electron chi connectivity index (χ1n) is 11.6. The van der Waals surface area contributed by atoms with Crippen molar-refractivity contribution in [1.29, 1.82) is 5.41 Å². The number of nitrogen functional groups attached to an aromatic ring is 1. The van der Waals surface area contributed by atoms with Gasteiger partial charge in [-0.2, -0.15) is 26.7 Å². The smallest absolute Gasteiger partial charge is 0.282 e. The number of benzene rings is 2. The van der Waals surface area contributed by atoms with Crippen LogP contribution in [0, 0.1) is 5.41 Å². The van der Waals surface area contributed by atoms with E-state index in [1.54, 1.807) is 48.3 Å². The molecule has 2 heterocycles. The van der Waals surface area contributed by atoms with Crippen LogP contribution < -0.4 is 10.6 Å². The Labute approximate surface area is 221 Å². The molecule has 1 aliphatic heterocycles. The highest BCUT2D eigenvalue weighted by Gasteiger charge is 2.36. The Bertz CT molecular complexity index is 1420. The maximum Gasteiger partial charge on any atom is 0.282 e. The van der Waals surface area contributed by atoms with Crippen LogP contribution in [0.2, 0.25) is 5.02 Å². The molecular weight excluding hydrogens is 516 g/mol. The van der Waals surface area contributed by atoms with Crippen LogP contribution in [0.5, 0.6) is 0 Å². The van der Waals surface area contributed by atoms with E-state index in [1.807, 2.05) is 12.1 Å². The minimum Gasteiger partial charge on any atom is -0.384 e. The van der Waals surface area contributed by atoms with E-state index in [0.717, 1.165) is 5.56 Å². The summed E-state index contributed by atoms with van der Waals surface area (Å²) in [5.41, 5.74) is 7.36. The second-order valence-corrected chi connectivity index (χ2v) is 11.6. The molecule has 0 amide bonds. The first-order valence-corrected chi connectivity index (χ1v) is 13.3. The number of carbonyl (C=O) groups is 1. The van der Waals surface area contributed by atoms with Crippen molar-refractivity contribution < 1.29 is 13.2 Å². The molecule has 0 aliphatic carbocycles. The van der Waals surface area contributed by atoms with Crippen molar-refractivity contribution in [2.75, 3.05) is 39.1 Å². The van der Waals surface area contributed by atoms with Gasteiger partial charge in [0.15, 0.2) is 5.82 Å². The fraction of sp³-hybridized carbons (Fsp3) is 0.333. The van der Waals surface area contributed by atoms with Crippen molar-refractivity contribution in [3.05, 3.63) is 76.1 Å². The van der Waals surface area contributed by atoms with Crippen molar-refractivity contribution in [2.24, 2.45) is 5.73 Å². The first-order chi connectivity index (χ1) is 17.5. The summed E-state index contributed by atoms with van der Waals surface area (Å²) in [6, 6.07) is 13.9. The second kappa shape index (κ2) is 10.6. The highest BCUT2D eigenvalue weighted by molar-refractivity contribution is 7.86. The lowest BCUT2D eigenvalue weighted by atomic mass is 10.1. The zero-order valence-corrected chi connectivity index (χ0v) is 22.4. The van der Waals surface area contributed by atoms with Crippen molar-refractivity contribution in [2.45, 2.75) is 18.9 Å². The van der Waals surface area contributed by atoms with Gasteiger partial charge in [0.25, 0.3) is 16.1 Å². The Morgan fingerprint density at radius 3 is 2.46 bits per heavy atom. The zero-order chi connectivity index (χ0) is 26.9. The van der Waals surface area contributed by atoms with E-state index >= 15 is 0 Å². The van der Waals surface area contributed by atoms with Gasteiger partial charge in [-0.1, -0.05) is 48.0 Å². The number of halogens is 1. The van der Waals surface area contributed by atoms with E-state index in [4.69, 9.17) is 27.7 Å². The van der Waals surface area contributed by atoms with Crippen molar-refractivity contribution in [3.63, 3.8) is 0 Å². The molecule has 1 unspecified atom stereocenters. The first kappa shape index (κ1) is 26.7. The monoisotopic (exact) mass is 544 g/mol. The molecule has 13 heteroatoms. The number of aromatic nitrogens is 3. The van der Waals surface area contributed by atoms with Crippen LogP contribution in [0.1, 0.15) is 39.6 Å². The Morgan fingerprint density at radius 1 is 1.16 bits per heavy atom.